The minimum Gasteiger partial charge on any atom is -0.379 e. The van der Waals surface area contributed by atoms with Crippen molar-refractivity contribution in [1.29, 1.82) is 0 Å². The second-order valence-corrected chi connectivity index (χ2v) is 3.44. The monoisotopic (exact) mass is 199 g/mol. The van der Waals surface area contributed by atoms with Gasteiger partial charge in [-0.15, -0.1) is 24.0 Å². The highest BCUT2D eigenvalue weighted by Gasteiger charge is 2.11. The smallest absolute Gasteiger partial charge is 0.0594 e. The first-order valence-electron chi connectivity index (χ1n) is 3.73. The van der Waals surface area contributed by atoms with E-state index in [1.807, 2.05) is 6.92 Å². The van der Waals surface area contributed by atoms with E-state index in [2.05, 4.69) is 4.90 Å². The minimum absolute atomic E-state index is 0. The van der Waals surface area contributed by atoms with E-state index in [9.17, 15) is 0 Å². The predicted molar refractivity (Wildman–Crippen MR) is 49.8 cm³/mol. The van der Waals surface area contributed by atoms with Crippen LogP contribution in [0.15, 0.2) is 0 Å². The lowest BCUT2D eigenvalue weighted by atomic mass is 10.3. The van der Waals surface area contributed by atoms with Gasteiger partial charge in [0.2, 0.25) is 0 Å². The molecule has 4 heteroatoms. The lowest BCUT2D eigenvalue weighted by Gasteiger charge is -2.27. The van der Waals surface area contributed by atoms with Crippen LogP contribution < -0.4 is 0 Å². The van der Waals surface area contributed by atoms with Crippen molar-refractivity contribution >= 4 is 24.0 Å². The van der Waals surface area contributed by atoms with Crippen LogP contribution in [0, 0.1) is 0 Å². The molecule has 0 bridgehead atoms. The summed E-state index contributed by atoms with van der Waals surface area (Å²) in [7, 11) is 0. The van der Waals surface area contributed by atoms with Crippen molar-refractivity contribution < 1.29 is 4.74 Å². The molecule has 68 valence electrons. The summed E-state index contributed by atoms with van der Waals surface area (Å²) < 4.78 is 5.20. The standard InChI is InChI=1S/C7H14ClNO.ClH/c1-7(8)6-9-2-4-10-5-3-9;/h7H,2-6H2,1H3;1H. The fourth-order valence-electron chi connectivity index (χ4n) is 1.14. The van der Waals surface area contributed by atoms with E-state index >= 15 is 0 Å². The van der Waals surface area contributed by atoms with Crippen LogP contribution in [0.2, 0.25) is 0 Å². The van der Waals surface area contributed by atoms with Crippen molar-refractivity contribution in [3.8, 4) is 0 Å². The van der Waals surface area contributed by atoms with Gasteiger partial charge in [0.25, 0.3) is 0 Å². The maximum absolute atomic E-state index is 5.83. The van der Waals surface area contributed by atoms with Crippen LogP contribution in [-0.2, 0) is 4.74 Å². The molecule has 1 fully saturated rings. The van der Waals surface area contributed by atoms with Crippen LogP contribution in [-0.4, -0.2) is 43.1 Å². The normalized spacial score (nSPS) is 22.4. The fourth-order valence-corrected chi connectivity index (χ4v) is 1.33. The lowest BCUT2D eigenvalue weighted by molar-refractivity contribution is 0.0384. The summed E-state index contributed by atoms with van der Waals surface area (Å²) in [6, 6.07) is 0. The van der Waals surface area contributed by atoms with Gasteiger partial charge in [-0.1, -0.05) is 0 Å². The zero-order valence-corrected chi connectivity index (χ0v) is 8.33. The molecule has 0 radical (unpaired) electrons. The molecule has 1 aliphatic heterocycles. The number of hydrogen-bond donors (Lipinski definition) is 0. The van der Waals surface area contributed by atoms with Gasteiger partial charge in [-0.3, -0.25) is 4.90 Å². The molecule has 0 aliphatic carbocycles. The Hall–Kier alpha value is 0.500. The third-order valence-corrected chi connectivity index (χ3v) is 1.75. The van der Waals surface area contributed by atoms with Crippen molar-refractivity contribution in [3.05, 3.63) is 0 Å². The molecule has 0 amide bonds. The molecule has 1 aliphatic rings. The first-order chi connectivity index (χ1) is 4.79. The van der Waals surface area contributed by atoms with E-state index in [-0.39, 0.29) is 17.8 Å². The van der Waals surface area contributed by atoms with Gasteiger partial charge < -0.3 is 4.74 Å². The molecule has 0 aromatic rings. The number of nitrogens with zero attached hydrogens (tertiary/aromatic N) is 1. The number of alkyl halides is 1. The van der Waals surface area contributed by atoms with E-state index in [1.165, 1.54) is 0 Å². The Morgan fingerprint density at radius 3 is 2.45 bits per heavy atom. The molecule has 1 atom stereocenters. The third kappa shape index (κ3) is 4.86. The van der Waals surface area contributed by atoms with Crippen LogP contribution in [0.25, 0.3) is 0 Å². The van der Waals surface area contributed by atoms with Gasteiger partial charge in [0, 0.05) is 25.0 Å². The van der Waals surface area contributed by atoms with E-state index < -0.39 is 0 Å². The molecule has 0 spiro atoms. The van der Waals surface area contributed by atoms with E-state index in [0.717, 1.165) is 32.8 Å². The van der Waals surface area contributed by atoms with Crippen molar-refractivity contribution in [2.45, 2.75) is 12.3 Å². The Labute approximate surface area is 79.3 Å². The quantitative estimate of drug-likeness (QED) is 0.624. The van der Waals surface area contributed by atoms with Crippen molar-refractivity contribution in [2.75, 3.05) is 32.8 Å². The maximum atomic E-state index is 5.83. The van der Waals surface area contributed by atoms with Gasteiger partial charge in [-0.05, 0) is 6.92 Å². The van der Waals surface area contributed by atoms with Crippen LogP contribution >= 0.6 is 24.0 Å². The Kier molecular flexibility index (Phi) is 6.34. The third-order valence-electron chi connectivity index (χ3n) is 1.61. The summed E-state index contributed by atoms with van der Waals surface area (Å²) in [5.74, 6) is 0. The summed E-state index contributed by atoms with van der Waals surface area (Å²) in [6.07, 6.45) is 0. The predicted octanol–water partition coefficient (Wildman–Crippen LogP) is 1.37. The zero-order chi connectivity index (χ0) is 7.40. The average molecular weight is 200 g/mol. The molecule has 0 N–H and O–H groups in total. The summed E-state index contributed by atoms with van der Waals surface area (Å²) >= 11 is 5.83. The van der Waals surface area contributed by atoms with Gasteiger partial charge in [0.05, 0.1) is 13.2 Å². The summed E-state index contributed by atoms with van der Waals surface area (Å²) in [5.41, 5.74) is 0. The zero-order valence-electron chi connectivity index (χ0n) is 6.75. The maximum Gasteiger partial charge on any atom is 0.0594 e. The largest absolute Gasteiger partial charge is 0.379 e. The van der Waals surface area contributed by atoms with Crippen molar-refractivity contribution in [3.63, 3.8) is 0 Å². The molecule has 1 rings (SSSR count). The van der Waals surface area contributed by atoms with E-state index in [0.29, 0.717) is 0 Å². The molecule has 0 aromatic carbocycles. The number of ether oxygens (including phenoxy) is 1. The topological polar surface area (TPSA) is 12.5 Å². The number of rotatable bonds is 2. The average Bonchev–Trinajstić information content (AvgIpc) is 1.88. The van der Waals surface area contributed by atoms with Crippen LogP contribution in [0.3, 0.4) is 0 Å². The van der Waals surface area contributed by atoms with Gasteiger partial charge in [-0.2, -0.15) is 0 Å². The molecule has 1 heterocycles. The second-order valence-electron chi connectivity index (χ2n) is 2.69. The number of morpholine rings is 1. The Bertz CT molecular complexity index is 94.4. The lowest BCUT2D eigenvalue weighted by Crippen LogP contribution is -2.39. The Morgan fingerprint density at radius 1 is 1.45 bits per heavy atom. The van der Waals surface area contributed by atoms with Gasteiger partial charge in [0.1, 0.15) is 0 Å². The van der Waals surface area contributed by atoms with Crippen LogP contribution in [0.1, 0.15) is 6.92 Å². The number of hydrogen-bond acceptors (Lipinski definition) is 2. The van der Waals surface area contributed by atoms with E-state index in [4.69, 9.17) is 16.3 Å². The molecular formula is C7H15Cl2NO. The van der Waals surface area contributed by atoms with Crippen LogP contribution in [0.5, 0.6) is 0 Å². The highest BCUT2D eigenvalue weighted by atomic mass is 35.5. The van der Waals surface area contributed by atoms with E-state index in [1.54, 1.807) is 0 Å². The molecule has 2 nitrogen and oxygen atoms in total. The van der Waals surface area contributed by atoms with Gasteiger partial charge >= 0.3 is 0 Å². The first-order valence-corrected chi connectivity index (χ1v) is 4.17. The van der Waals surface area contributed by atoms with Crippen molar-refractivity contribution in [1.82, 2.24) is 4.90 Å². The van der Waals surface area contributed by atoms with Crippen LogP contribution in [0.4, 0.5) is 0 Å². The highest BCUT2D eigenvalue weighted by molar-refractivity contribution is 6.20. The summed E-state index contributed by atoms with van der Waals surface area (Å²) in [4.78, 5) is 2.33. The summed E-state index contributed by atoms with van der Waals surface area (Å²) in [6.45, 7) is 6.82. The highest BCUT2D eigenvalue weighted by Crippen LogP contribution is 2.01. The first kappa shape index (κ1) is 11.5. The fraction of sp³-hybridized carbons (Fsp3) is 1.00. The SMILES string of the molecule is CC(Cl)CN1CCOCC1.Cl. The number of halogens is 2. The molecule has 0 saturated carbocycles. The van der Waals surface area contributed by atoms with Crippen molar-refractivity contribution in [2.24, 2.45) is 0 Å². The molecular weight excluding hydrogens is 185 g/mol. The molecule has 1 unspecified atom stereocenters. The minimum atomic E-state index is 0. The Balaban J connectivity index is 0.000001000. The molecule has 0 aromatic heterocycles. The molecule has 1 saturated heterocycles. The van der Waals surface area contributed by atoms with Gasteiger partial charge in [-0.25, -0.2) is 0 Å². The summed E-state index contributed by atoms with van der Waals surface area (Å²) in [5, 5.41) is 0.262. The molecule has 11 heavy (non-hydrogen) atoms. The second kappa shape index (κ2) is 6.06. The van der Waals surface area contributed by atoms with Gasteiger partial charge in [0.15, 0.2) is 0 Å². The Morgan fingerprint density at radius 2 is 2.00 bits per heavy atom.